The lowest BCUT2D eigenvalue weighted by Gasteiger charge is -2.07. The summed E-state index contributed by atoms with van der Waals surface area (Å²) in [6.45, 7) is -2.94. The molecule has 0 heterocycles. The normalized spacial score (nSPS) is 10.4. The largest absolute Gasteiger partial charge is 0.481 e. The van der Waals surface area contributed by atoms with Crippen LogP contribution in [0.1, 0.15) is 5.56 Å². The van der Waals surface area contributed by atoms with Crippen molar-refractivity contribution in [1.82, 2.24) is 0 Å². The molecule has 0 spiro atoms. The topological polar surface area (TPSA) is 46.5 Å². The Bertz CT molecular complexity index is 368. The van der Waals surface area contributed by atoms with Gasteiger partial charge in [-0.2, -0.15) is 8.78 Å². The lowest BCUT2D eigenvalue weighted by Crippen LogP contribution is -2.04. The Morgan fingerprint density at radius 1 is 1.53 bits per heavy atom. The van der Waals surface area contributed by atoms with Gasteiger partial charge in [0.2, 0.25) is 0 Å². The van der Waals surface area contributed by atoms with E-state index >= 15 is 0 Å². The fourth-order valence-electron chi connectivity index (χ4n) is 1.03. The highest BCUT2D eigenvalue weighted by Crippen LogP contribution is 2.23. The molecule has 0 saturated heterocycles. The fourth-order valence-corrected chi connectivity index (χ4v) is 1.21. The number of rotatable bonds is 4. The molecule has 82 valence electrons. The molecule has 0 atom stereocenters. The summed E-state index contributed by atoms with van der Waals surface area (Å²) >= 11 is 5.67. The number of hydrogen-bond donors (Lipinski definition) is 1. The Morgan fingerprint density at radius 3 is 2.73 bits per heavy atom. The first-order valence-electron chi connectivity index (χ1n) is 3.94. The Balaban J connectivity index is 2.89. The van der Waals surface area contributed by atoms with E-state index in [4.69, 9.17) is 16.7 Å². The fraction of sp³-hybridized carbons (Fsp3) is 0.222. The Labute approximate surface area is 89.2 Å². The first-order valence-corrected chi connectivity index (χ1v) is 4.32. The number of aliphatic carboxylic acids is 1. The van der Waals surface area contributed by atoms with Crippen LogP contribution in [0.25, 0.3) is 0 Å². The Kier molecular flexibility index (Phi) is 3.85. The van der Waals surface area contributed by atoms with Crippen LogP contribution in [0.5, 0.6) is 5.75 Å². The highest BCUT2D eigenvalue weighted by atomic mass is 35.5. The van der Waals surface area contributed by atoms with Crippen molar-refractivity contribution in [2.24, 2.45) is 0 Å². The van der Waals surface area contributed by atoms with Gasteiger partial charge in [-0.1, -0.05) is 11.6 Å². The molecule has 0 aliphatic heterocycles. The van der Waals surface area contributed by atoms with Crippen molar-refractivity contribution in [2.45, 2.75) is 13.0 Å². The smallest absolute Gasteiger partial charge is 0.387 e. The first-order chi connectivity index (χ1) is 6.99. The van der Waals surface area contributed by atoms with Gasteiger partial charge in [-0.3, -0.25) is 4.79 Å². The van der Waals surface area contributed by atoms with Crippen molar-refractivity contribution >= 4 is 17.6 Å². The molecule has 0 bridgehead atoms. The number of carbonyl (C=O) groups is 1. The molecule has 3 nitrogen and oxygen atoms in total. The van der Waals surface area contributed by atoms with E-state index < -0.39 is 12.6 Å². The van der Waals surface area contributed by atoms with Crippen LogP contribution < -0.4 is 4.74 Å². The van der Waals surface area contributed by atoms with Crippen molar-refractivity contribution in [3.05, 3.63) is 28.8 Å². The van der Waals surface area contributed by atoms with E-state index in [1.165, 1.54) is 18.2 Å². The van der Waals surface area contributed by atoms with Gasteiger partial charge in [0.15, 0.2) is 0 Å². The highest BCUT2D eigenvalue weighted by Gasteiger charge is 2.09. The zero-order valence-electron chi connectivity index (χ0n) is 7.41. The third kappa shape index (κ3) is 3.71. The van der Waals surface area contributed by atoms with Gasteiger partial charge in [-0.15, -0.1) is 0 Å². The molecular weight excluding hydrogens is 230 g/mol. The van der Waals surface area contributed by atoms with Crippen LogP contribution in [0.4, 0.5) is 8.78 Å². The maximum atomic E-state index is 11.8. The Hall–Kier alpha value is -1.36. The number of hydrogen-bond acceptors (Lipinski definition) is 2. The molecule has 0 unspecified atom stereocenters. The van der Waals surface area contributed by atoms with Crippen molar-refractivity contribution in [3.63, 3.8) is 0 Å². The van der Waals surface area contributed by atoms with E-state index in [9.17, 15) is 13.6 Å². The minimum atomic E-state index is -2.94. The summed E-state index contributed by atoms with van der Waals surface area (Å²) in [6.07, 6.45) is -0.334. The molecule has 0 amide bonds. The van der Waals surface area contributed by atoms with Gasteiger partial charge in [0, 0.05) is 5.02 Å². The van der Waals surface area contributed by atoms with Crippen LogP contribution in [0.2, 0.25) is 5.02 Å². The summed E-state index contributed by atoms with van der Waals surface area (Å²) < 4.78 is 27.8. The molecule has 0 saturated carbocycles. The molecule has 0 aliphatic carbocycles. The van der Waals surface area contributed by atoms with E-state index in [-0.39, 0.29) is 22.8 Å². The monoisotopic (exact) mass is 236 g/mol. The minimum Gasteiger partial charge on any atom is -0.481 e. The molecular formula is C9H7ClF2O3. The van der Waals surface area contributed by atoms with Gasteiger partial charge in [0.05, 0.1) is 6.42 Å². The van der Waals surface area contributed by atoms with E-state index in [0.717, 1.165) is 0 Å². The molecule has 1 N–H and O–H groups in total. The molecule has 1 aromatic carbocycles. The second-order valence-corrected chi connectivity index (χ2v) is 3.11. The van der Waals surface area contributed by atoms with Gasteiger partial charge in [-0.25, -0.2) is 0 Å². The summed E-state index contributed by atoms with van der Waals surface area (Å²) in [5, 5.41) is 8.72. The number of carboxylic acid groups (broad SMARTS) is 1. The van der Waals surface area contributed by atoms with Crippen LogP contribution in [-0.4, -0.2) is 17.7 Å². The standard InChI is InChI=1S/C9H7ClF2O3/c10-7-2-1-6(15-9(11)12)3-5(7)4-8(13)14/h1-3,9H,4H2,(H,13,14). The third-order valence-electron chi connectivity index (χ3n) is 1.58. The number of ether oxygens (including phenoxy) is 1. The maximum absolute atomic E-state index is 11.8. The molecule has 0 fully saturated rings. The van der Waals surface area contributed by atoms with Crippen molar-refractivity contribution in [1.29, 1.82) is 0 Å². The predicted molar refractivity (Wildman–Crippen MR) is 49.4 cm³/mol. The van der Waals surface area contributed by atoms with Crippen molar-refractivity contribution < 1.29 is 23.4 Å². The molecule has 1 aromatic rings. The number of alkyl halides is 2. The van der Waals surface area contributed by atoms with E-state index in [1.807, 2.05) is 0 Å². The number of carboxylic acids is 1. The van der Waals surface area contributed by atoms with Crippen LogP contribution >= 0.6 is 11.6 Å². The van der Waals surface area contributed by atoms with Gasteiger partial charge < -0.3 is 9.84 Å². The first kappa shape index (κ1) is 11.7. The molecule has 0 aliphatic rings. The maximum Gasteiger partial charge on any atom is 0.387 e. The average Bonchev–Trinajstić information content (AvgIpc) is 2.09. The highest BCUT2D eigenvalue weighted by molar-refractivity contribution is 6.31. The lowest BCUT2D eigenvalue weighted by molar-refractivity contribution is -0.136. The minimum absolute atomic E-state index is 0.106. The van der Waals surface area contributed by atoms with Crippen LogP contribution in [-0.2, 0) is 11.2 Å². The molecule has 0 aromatic heterocycles. The summed E-state index contributed by atoms with van der Waals surface area (Å²) in [7, 11) is 0. The SMILES string of the molecule is O=C(O)Cc1cc(OC(F)F)ccc1Cl. The van der Waals surface area contributed by atoms with Gasteiger partial charge in [-0.05, 0) is 23.8 Å². The van der Waals surface area contributed by atoms with Gasteiger partial charge in [0.25, 0.3) is 0 Å². The average molecular weight is 237 g/mol. The molecule has 1 rings (SSSR count). The molecule has 0 radical (unpaired) electrons. The Morgan fingerprint density at radius 2 is 2.20 bits per heavy atom. The van der Waals surface area contributed by atoms with Gasteiger partial charge >= 0.3 is 12.6 Å². The lowest BCUT2D eigenvalue weighted by atomic mass is 10.1. The quantitative estimate of drug-likeness (QED) is 0.874. The van der Waals surface area contributed by atoms with E-state index in [2.05, 4.69) is 4.74 Å². The van der Waals surface area contributed by atoms with Crippen LogP contribution in [0, 0.1) is 0 Å². The zero-order valence-corrected chi connectivity index (χ0v) is 8.17. The second-order valence-electron chi connectivity index (χ2n) is 2.70. The van der Waals surface area contributed by atoms with E-state index in [0.29, 0.717) is 0 Å². The summed E-state index contributed by atoms with van der Waals surface area (Å²) in [5.74, 6) is -1.20. The second kappa shape index (κ2) is 4.93. The summed E-state index contributed by atoms with van der Waals surface area (Å²) in [6, 6.07) is 3.75. The molecule has 15 heavy (non-hydrogen) atoms. The van der Waals surface area contributed by atoms with Gasteiger partial charge in [0.1, 0.15) is 5.75 Å². The third-order valence-corrected chi connectivity index (χ3v) is 1.95. The summed E-state index contributed by atoms with van der Waals surface area (Å²) in [4.78, 5) is 10.4. The van der Waals surface area contributed by atoms with Crippen LogP contribution in [0.3, 0.4) is 0 Å². The molecule has 6 heteroatoms. The number of halogens is 3. The summed E-state index contributed by atoms with van der Waals surface area (Å²) in [5.41, 5.74) is 0.238. The van der Waals surface area contributed by atoms with Crippen LogP contribution in [0.15, 0.2) is 18.2 Å². The van der Waals surface area contributed by atoms with Crippen molar-refractivity contribution in [3.8, 4) is 5.75 Å². The zero-order chi connectivity index (χ0) is 11.4. The van der Waals surface area contributed by atoms with E-state index in [1.54, 1.807) is 0 Å². The number of benzene rings is 1. The van der Waals surface area contributed by atoms with Crippen molar-refractivity contribution in [2.75, 3.05) is 0 Å². The predicted octanol–water partition coefficient (Wildman–Crippen LogP) is 2.57.